The molecule has 0 aliphatic heterocycles. The monoisotopic (exact) mass is 212 g/mol. The quantitative estimate of drug-likeness (QED) is 0.568. The summed E-state index contributed by atoms with van der Waals surface area (Å²) in [6.45, 7) is 1.42. The molecule has 0 amide bonds. The van der Waals surface area contributed by atoms with Crippen LogP contribution in [0.4, 0.5) is 0 Å². The highest BCUT2D eigenvalue weighted by Gasteiger charge is 2.11. The van der Waals surface area contributed by atoms with Crippen molar-refractivity contribution in [3.63, 3.8) is 0 Å². The van der Waals surface area contributed by atoms with E-state index in [1.54, 1.807) is 6.08 Å². The molecule has 0 aliphatic rings. The normalized spacial score (nSPS) is 15.3. The van der Waals surface area contributed by atoms with Crippen LogP contribution in [0.2, 0.25) is 0 Å². The van der Waals surface area contributed by atoms with E-state index in [-0.39, 0.29) is 0 Å². The van der Waals surface area contributed by atoms with Gasteiger partial charge in [0.15, 0.2) is 0 Å². The molecule has 14 heavy (non-hydrogen) atoms. The number of rotatable bonds is 4. The van der Waals surface area contributed by atoms with Crippen LogP contribution in [0.1, 0.15) is 5.56 Å². The van der Waals surface area contributed by atoms with Crippen LogP contribution in [0.15, 0.2) is 36.6 Å². The van der Waals surface area contributed by atoms with Crippen LogP contribution in [0.3, 0.4) is 0 Å². The van der Waals surface area contributed by atoms with Crippen molar-refractivity contribution in [2.75, 3.05) is 13.8 Å². The minimum atomic E-state index is -2.90. The second-order valence-electron chi connectivity index (χ2n) is 2.77. The highest BCUT2D eigenvalue weighted by Crippen LogP contribution is 2.42. The fourth-order valence-corrected chi connectivity index (χ4v) is 1.19. The van der Waals surface area contributed by atoms with Gasteiger partial charge in [0.05, 0.1) is 6.26 Å². The van der Waals surface area contributed by atoms with Crippen molar-refractivity contribution < 1.29 is 13.6 Å². The molecule has 0 N–H and O–H groups in total. The summed E-state index contributed by atoms with van der Waals surface area (Å²) in [5.41, 5.74) is 0.989. The molecule has 1 unspecified atom stereocenters. The Morgan fingerprint density at radius 1 is 1.29 bits per heavy atom. The van der Waals surface area contributed by atoms with Crippen LogP contribution in [0.25, 0.3) is 6.08 Å². The third kappa shape index (κ3) is 3.77. The first kappa shape index (κ1) is 11.0. The predicted octanol–water partition coefficient (Wildman–Crippen LogP) is 3.14. The van der Waals surface area contributed by atoms with Crippen LogP contribution < -0.4 is 0 Å². The molecule has 0 radical (unpaired) electrons. The van der Waals surface area contributed by atoms with E-state index in [0.717, 1.165) is 5.56 Å². The molecular weight excluding hydrogens is 199 g/mol. The van der Waals surface area contributed by atoms with Gasteiger partial charge in [0.1, 0.15) is 0 Å². The fourth-order valence-electron chi connectivity index (χ4n) is 0.827. The smallest absolute Gasteiger partial charge is 0.375 e. The van der Waals surface area contributed by atoms with Crippen LogP contribution in [0, 0.1) is 0 Å². The molecule has 0 aromatic heterocycles. The summed E-state index contributed by atoms with van der Waals surface area (Å²) >= 11 is 0. The van der Waals surface area contributed by atoms with Gasteiger partial charge in [-0.05, 0) is 11.6 Å². The topological polar surface area (TPSA) is 35.5 Å². The van der Waals surface area contributed by atoms with Crippen LogP contribution in [0.5, 0.6) is 0 Å². The van der Waals surface area contributed by atoms with Gasteiger partial charge in [-0.1, -0.05) is 30.3 Å². The van der Waals surface area contributed by atoms with Crippen LogP contribution in [-0.4, -0.2) is 13.8 Å². The zero-order valence-corrected chi connectivity index (χ0v) is 9.11. The lowest BCUT2D eigenvalue weighted by atomic mass is 10.2. The molecule has 0 saturated heterocycles. The van der Waals surface area contributed by atoms with Gasteiger partial charge >= 0.3 is 7.60 Å². The molecule has 1 aromatic rings. The van der Waals surface area contributed by atoms with Gasteiger partial charge < -0.3 is 9.05 Å². The minimum absolute atomic E-state index is 0.989. The Bertz CT molecular complexity index is 346. The molecule has 0 aliphatic carbocycles. The molecule has 3 nitrogen and oxygen atoms in total. The fraction of sp³-hybridized carbons (Fsp3) is 0.200. The van der Waals surface area contributed by atoms with E-state index < -0.39 is 7.60 Å². The Morgan fingerprint density at radius 3 is 2.50 bits per heavy atom. The van der Waals surface area contributed by atoms with Crippen molar-refractivity contribution in [2.45, 2.75) is 0 Å². The highest BCUT2D eigenvalue weighted by molar-refractivity contribution is 7.53. The Hall–Kier alpha value is -1.05. The predicted molar refractivity (Wildman–Crippen MR) is 57.1 cm³/mol. The molecular formula is C10H13O3P. The standard InChI is InChI=1S/C10H13O3P/c1-12-14(2,11)13-9-8-10-6-4-3-5-7-10/h3-9H,1-2H3. The van der Waals surface area contributed by atoms with Gasteiger partial charge in [0.25, 0.3) is 0 Å². The maximum atomic E-state index is 11.3. The second kappa shape index (κ2) is 4.99. The first-order valence-electron chi connectivity index (χ1n) is 4.17. The molecule has 1 aromatic carbocycles. The lowest BCUT2D eigenvalue weighted by molar-refractivity contribution is 0.307. The Labute approximate surface area is 83.9 Å². The van der Waals surface area contributed by atoms with Crippen LogP contribution >= 0.6 is 7.60 Å². The van der Waals surface area contributed by atoms with E-state index >= 15 is 0 Å². The van der Waals surface area contributed by atoms with E-state index in [2.05, 4.69) is 4.52 Å². The molecule has 0 bridgehead atoms. The average molecular weight is 212 g/mol. The van der Waals surface area contributed by atoms with Gasteiger partial charge in [-0.3, -0.25) is 0 Å². The van der Waals surface area contributed by atoms with E-state index in [1.807, 2.05) is 30.3 Å². The molecule has 1 atom stereocenters. The van der Waals surface area contributed by atoms with Crippen LogP contribution in [-0.2, 0) is 13.6 Å². The third-order valence-corrected chi connectivity index (χ3v) is 2.81. The lowest BCUT2D eigenvalue weighted by Gasteiger charge is -2.07. The average Bonchev–Trinajstić information content (AvgIpc) is 2.19. The number of hydrogen-bond acceptors (Lipinski definition) is 3. The minimum Gasteiger partial charge on any atom is -0.432 e. The first-order chi connectivity index (χ1) is 6.64. The van der Waals surface area contributed by atoms with E-state index in [9.17, 15) is 4.57 Å². The molecule has 1 rings (SSSR count). The maximum absolute atomic E-state index is 11.3. The maximum Gasteiger partial charge on any atom is 0.375 e. The number of benzene rings is 1. The van der Waals surface area contributed by atoms with Crippen molar-refractivity contribution in [1.82, 2.24) is 0 Å². The summed E-state index contributed by atoms with van der Waals surface area (Å²) < 4.78 is 20.9. The van der Waals surface area contributed by atoms with Gasteiger partial charge in [-0.2, -0.15) is 0 Å². The summed E-state index contributed by atoms with van der Waals surface area (Å²) in [6.07, 6.45) is 3.12. The Kier molecular flexibility index (Phi) is 3.93. The van der Waals surface area contributed by atoms with Gasteiger partial charge in [0, 0.05) is 13.8 Å². The first-order valence-corrected chi connectivity index (χ1v) is 6.16. The van der Waals surface area contributed by atoms with E-state index in [4.69, 9.17) is 4.52 Å². The SMILES string of the molecule is COP(C)(=O)OC=Cc1ccccc1. The van der Waals surface area contributed by atoms with Gasteiger partial charge in [0.2, 0.25) is 0 Å². The molecule has 0 saturated carbocycles. The summed E-state index contributed by atoms with van der Waals surface area (Å²) in [6, 6.07) is 9.61. The van der Waals surface area contributed by atoms with Gasteiger partial charge in [-0.15, -0.1) is 0 Å². The summed E-state index contributed by atoms with van der Waals surface area (Å²) in [5.74, 6) is 0. The molecule has 76 valence electrons. The summed E-state index contributed by atoms with van der Waals surface area (Å²) in [5, 5.41) is 0. The van der Waals surface area contributed by atoms with Crippen molar-refractivity contribution in [2.24, 2.45) is 0 Å². The van der Waals surface area contributed by atoms with Crippen molar-refractivity contribution >= 4 is 13.7 Å². The lowest BCUT2D eigenvalue weighted by Crippen LogP contribution is -1.82. The van der Waals surface area contributed by atoms with E-state index in [1.165, 1.54) is 20.0 Å². The summed E-state index contributed by atoms with van der Waals surface area (Å²) in [4.78, 5) is 0. The van der Waals surface area contributed by atoms with E-state index in [0.29, 0.717) is 0 Å². The largest absolute Gasteiger partial charge is 0.432 e. The van der Waals surface area contributed by atoms with Crippen molar-refractivity contribution in [3.8, 4) is 0 Å². The molecule has 4 heteroatoms. The highest BCUT2D eigenvalue weighted by atomic mass is 31.2. The summed E-state index contributed by atoms with van der Waals surface area (Å²) in [7, 11) is -1.54. The zero-order valence-electron chi connectivity index (χ0n) is 8.21. The Morgan fingerprint density at radius 2 is 1.93 bits per heavy atom. The second-order valence-corrected chi connectivity index (χ2v) is 4.89. The molecule has 0 heterocycles. The van der Waals surface area contributed by atoms with Crippen molar-refractivity contribution in [3.05, 3.63) is 42.2 Å². The van der Waals surface area contributed by atoms with Crippen molar-refractivity contribution in [1.29, 1.82) is 0 Å². The molecule has 0 fully saturated rings. The third-order valence-electron chi connectivity index (χ3n) is 1.64. The molecule has 0 spiro atoms. The zero-order chi connectivity index (χ0) is 10.4. The number of hydrogen-bond donors (Lipinski definition) is 0. The Balaban J connectivity index is 2.54. The van der Waals surface area contributed by atoms with Gasteiger partial charge in [-0.25, -0.2) is 4.57 Å².